The van der Waals surface area contributed by atoms with E-state index < -0.39 is 10.0 Å². The normalized spacial score (nSPS) is 11.7. The molecule has 0 saturated carbocycles. The molecule has 0 atom stereocenters. The van der Waals surface area contributed by atoms with Crippen LogP contribution in [0.1, 0.15) is 12.5 Å². The summed E-state index contributed by atoms with van der Waals surface area (Å²) in [4.78, 5) is 12.6. The van der Waals surface area contributed by atoms with Crippen molar-refractivity contribution >= 4 is 32.4 Å². The van der Waals surface area contributed by atoms with E-state index in [1.165, 1.54) is 7.05 Å². The summed E-state index contributed by atoms with van der Waals surface area (Å²) in [5, 5.41) is 4.73. The third-order valence-corrected chi connectivity index (χ3v) is 6.29. The molecule has 0 aliphatic carbocycles. The zero-order chi connectivity index (χ0) is 19.4. The largest absolute Gasteiger partial charge is 0.324 e. The van der Waals surface area contributed by atoms with E-state index in [1.807, 2.05) is 43.3 Å². The minimum atomic E-state index is -3.72. The first-order valence-corrected chi connectivity index (χ1v) is 10.2. The molecule has 3 rings (SSSR count). The average molecular weight is 382 g/mol. The van der Waals surface area contributed by atoms with Gasteiger partial charge in [0.05, 0.1) is 11.4 Å². The van der Waals surface area contributed by atoms with E-state index in [-0.39, 0.29) is 17.3 Å². The zero-order valence-corrected chi connectivity index (χ0v) is 16.2. The number of sulfonamides is 1. The molecule has 3 aromatic carbocycles. The van der Waals surface area contributed by atoms with Crippen molar-refractivity contribution in [3.8, 4) is 0 Å². The minimum Gasteiger partial charge on any atom is -0.324 e. The van der Waals surface area contributed by atoms with E-state index in [0.29, 0.717) is 5.69 Å². The number of nitrogens with zero attached hydrogens (tertiary/aromatic N) is 1. The second-order valence-electron chi connectivity index (χ2n) is 6.33. The maximum Gasteiger partial charge on any atom is 0.243 e. The van der Waals surface area contributed by atoms with Crippen molar-refractivity contribution in [2.75, 3.05) is 18.9 Å². The van der Waals surface area contributed by atoms with Crippen molar-refractivity contribution < 1.29 is 13.2 Å². The number of carbonyl (C=O) groups is 1. The van der Waals surface area contributed by atoms with E-state index in [9.17, 15) is 13.2 Å². The summed E-state index contributed by atoms with van der Waals surface area (Å²) in [5.74, 6) is -0.386. The van der Waals surface area contributed by atoms with Crippen molar-refractivity contribution in [3.05, 3.63) is 72.3 Å². The van der Waals surface area contributed by atoms with Crippen molar-refractivity contribution in [1.82, 2.24) is 4.31 Å². The molecule has 0 spiro atoms. The molecule has 27 heavy (non-hydrogen) atoms. The van der Waals surface area contributed by atoms with Gasteiger partial charge in [0.25, 0.3) is 0 Å². The fourth-order valence-electron chi connectivity index (χ4n) is 2.89. The summed E-state index contributed by atoms with van der Waals surface area (Å²) in [5.41, 5.74) is 1.72. The Bertz CT molecular complexity index is 1050. The van der Waals surface area contributed by atoms with Gasteiger partial charge in [0.1, 0.15) is 0 Å². The van der Waals surface area contributed by atoms with Gasteiger partial charge >= 0.3 is 0 Å². The molecule has 0 aromatic heterocycles. The Morgan fingerprint density at radius 1 is 0.963 bits per heavy atom. The summed E-state index contributed by atoms with van der Waals surface area (Å²) in [6.45, 7) is 1.74. The number of aryl methyl sites for hydroxylation is 1. The van der Waals surface area contributed by atoms with Gasteiger partial charge in [0, 0.05) is 18.1 Å². The Hall–Kier alpha value is -2.70. The zero-order valence-electron chi connectivity index (χ0n) is 15.3. The molecule has 0 radical (unpaired) electrons. The van der Waals surface area contributed by atoms with Gasteiger partial charge in [-0.1, -0.05) is 55.5 Å². The molecule has 1 N–H and O–H groups in total. The number of hydrogen-bond donors (Lipinski definition) is 1. The van der Waals surface area contributed by atoms with Crippen LogP contribution in [0, 0.1) is 0 Å². The number of likely N-dealkylation sites (N-methyl/N-ethyl adjacent to an activating group) is 1. The fourth-order valence-corrected chi connectivity index (χ4v) is 4.02. The second kappa shape index (κ2) is 7.90. The molecular formula is C21H22N2O3S. The van der Waals surface area contributed by atoms with Crippen LogP contribution in [0.25, 0.3) is 10.8 Å². The smallest absolute Gasteiger partial charge is 0.243 e. The Kier molecular flexibility index (Phi) is 5.58. The molecule has 1 amide bonds. The lowest BCUT2D eigenvalue weighted by Gasteiger charge is -2.17. The number of rotatable bonds is 6. The first-order valence-electron chi connectivity index (χ1n) is 8.74. The molecule has 6 heteroatoms. The molecule has 140 valence electrons. The molecule has 0 aliphatic rings. The van der Waals surface area contributed by atoms with Gasteiger partial charge in [-0.25, -0.2) is 8.42 Å². The Morgan fingerprint density at radius 3 is 2.33 bits per heavy atom. The highest BCUT2D eigenvalue weighted by Crippen LogP contribution is 2.23. The van der Waals surface area contributed by atoms with E-state index in [2.05, 4.69) is 5.32 Å². The van der Waals surface area contributed by atoms with Gasteiger partial charge in [-0.05, 0) is 35.6 Å². The third-order valence-electron chi connectivity index (χ3n) is 4.47. The van der Waals surface area contributed by atoms with Crippen molar-refractivity contribution in [3.63, 3.8) is 0 Å². The van der Waals surface area contributed by atoms with Gasteiger partial charge < -0.3 is 5.32 Å². The summed E-state index contributed by atoms with van der Waals surface area (Å²) in [6, 6.07) is 20.1. The van der Waals surface area contributed by atoms with Crippen LogP contribution in [0.2, 0.25) is 0 Å². The number of amides is 1. The monoisotopic (exact) mass is 382 g/mol. The van der Waals surface area contributed by atoms with Crippen molar-refractivity contribution in [1.29, 1.82) is 0 Å². The maximum absolute atomic E-state index is 12.7. The molecule has 0 unspecified atom stereocenters. The predicted molar refractivity (Wildman–Crippen MR) is 108 cm³/mol. The average Bonchev–Trinajstić information content (AvgIpc) is 2.68. The molecule has 0 bridgehead atoms. The quantitative estimate of drug-likeness (QED) is 0.707. The van der Waals surface area contributed by atoms with Crippen LogP contribution in [-0.4, -0.2) is 32.2 Å². The fraction of sp³-hybridized carbons (Fsp3) is 0.190. The second-order valence-corrected chi connectivity index (χ2v) is 8.38. The number of nitrogens with one attached hydrogen (secondary N) is 1. The molecule has 0 heterocycles. The first kappa shape index (κ1) is 19.1. The lowest BCUT2D eigenvalue weighted by Crippen LogP contribution is -2.35. The van der Waals surface area contributed by atoms with E-state index in [0.717, 1.165) is 27.1 Å². The van der Waals surface area contributed by atoms with Crippen LogP contribution in [0.5, 0.6) is 0 Å². The molecule has 0 fully saturated rings. The Balaban J connectivity index is 1.74. The van der Waals surface area contributed by atoms with Gasteiger partial charge in [-0.2, -0.15) is 4.31 Å². The van der Waals surface area contributed by atoms with Crippen LogP contribution in [0.4, 0.5) is 5.69 Å². The highest BCUT2D eigenvalue weighted by atomic mass is 32.2. The van der Waals surface area contributed by atoms with Crippen molar-refractivity contribution in [2.45, 2.75) is 18.2 Å². The third kappa shape index (κ3) is 4.18. The predicted octanol–water partition coefficient (Wildman–Crippen LogP) is 3.66. The van der Waals surface area contributed by atoms with Crippen LogP contribution in [0.15, 0.2) is 71.6 Å². The summed E-state index contributed by atoms with van der Waals surface area (Å²) >= 11 is 0. The van der Waals surface area contributed by atoms with E-state index in [4.69, 9.17) is 0 Å². The van der Waals surface area contributed by atoms with Gasteiger partial charge in [-0.3, -0.25) is 4.79 Å². The highest BCUT2D eigenvalue weighted by Gasteiger charge is 2.23. The molecule has 5 nitrogen and oxygen atoms in total. The number of hydrogen-bond acceptors (Lipinski definition) is 3. The summed E-state index contributed by atoms with van der Waals surface area (Å²) in [6.07, 6.45) is 0.837. The number of fused-ring (bicyclic) bond motifs is 1. The molecule has 0 saturated heterocycles. The SMILES string of the molecule is CCc1ccc(S(=O)(=O)N(C)CC(=O)Nc2cccc3ccccc23)cc1. The minimum absolute atomic E-state index is 0.181. The van der Waals surface area contributed by atoms with Crippen LogP contribution >= 0.6 is 0 Å². The van der Waals surface area contributed by atoms with Crippen LogP contribution in [-0.2, 0) is 21.2 Å². The number of carbonyl (C=O) groups excluding carboxylic acids is 1. The molecule has 3 aromatic rings. The summed E-state index contributed by atoms with van der Waals surface area (Å²) < 4.78 is 26.4. The Labute approximate surface area is 159 Å². The number of benzene rings is 3. The lowest BCUT2D eigenvalue weighted by molar-refractivity contribution is -0.116. The topological polar surface area (TPSA) is 66.5 Å². The number of anilines is 1. The Morgan fingerprint density at radius 2 is 1.63 bits per heavy atom. The summed E-state index contributed by atoms with van der Waals surface area (Å²) in [7, 11) is -2.31. The van der Waals surface area contributed by atoms with Gasteiger partial charge in [0.15, 0.2) is 0 Å². The lowest BCUT2D eigenvalue weighted by atomic mass is 10.1. The van der Waals surface area contributed by atoms with E-state index in [1.54, 1.807) is 30.3 Å². The molecule has 0 aliphatic heterocycles. The maximum atomic E-state index is 12.7. The van der Waals surface area contributed by atoms with Gasteiger partial charge in [-0.15, -0.1) is 0 Å². The van der Waals surface area contributed by atoms with Crippen LogP contribution in [0.3, 0.4) is 0 Å². The van der Waals surface area contributed by atoms with Crippen LogP contribution < -0.4 is 5.32 Å². The highest BCUT2D eigenvalue weighted by molar-refractivity contribution is 7.89. The van der Waals surface area contributed by atoms with E-state index >= 15 is 0 Å². The molecular weight excluding hydrogens is 360 g/mol. The van der Waals surface area contributed by atoms with Crippen molar-refractivity contribution in [2.24, 2.45) is 0 Å². The van der Waals surface area contributed by atoms with Gasteiger partial charge in [0.2, 0.25) is 15.9 Å². The standard InChI is InChI=1S/C21H22N2O3S/c1-3-16-11-13-18(14-12-16)27(25,26)23(2)15-21(24)22-20-10-6-8-17-7-4-5-9-19(17)20/h4-14H,3,15H2,1-2H3,(H,22,24). The first-order chi connectivity index (χ1) is 12.9.